The van der Waals surface area contributed by atoms with E-state index in [1.165, 1.54) is 11.1 Å². The van der Waals surface area contributed by atoms with Crippen molar-refractivity contribution in [1.29, 1.82) is 0 Å². The van der Waals surface area contributed by atoms with Gasteiger partial charge in [-0.1, -0.05) is 19.1 Å². The molecule has 1 aromatic carbocycles. The number of amides is 1. The lowest BCUT2D eigenvalue weighted by Crippen LogP contribution is -2.36. The second-order valence-electron chi connectivity index (χ2n) is 5.07. The van der Waals surface area contributed by atoms with Gasteiger partial charge in [-0.05, 0) is 36.0 Å². The summed E-state index contributed by atoms with van der Waals surface area (Å²) in [5.41, 5.74) is 9.85. The van der Waals surface area contributed by atoms with E-state index < -0.39 is 0 Å². The highest BCUT2D eigenvalue weighted by molar-refractivity contribution is 5.97. The molecule has 0 spiro atoms. The largest absolute Gasteiger partial charge is 0.324 e. The smallest absolute Gasteiger partial charge is 0.227 e. The Balaban J connectivity index is 2.12. The zero-order valence-corrected chi connectivity index (χ0v) is 10.1. The molecule has 0 fully saturated rings. The van der Waals surface area contributed by atoms with Crippen molar-refractivity contribution >= 4 is 11.6 Å². The zero-order chi connectivity index (χ0) is 12.0. The molecule has 0 radical (unpaired) electrons. The fourth-order valence-electron chi connectivity index (χ4n) is 3.23. The van der Waals surface area contributed by atoms with Gasteiger partial charge in [0.15, 0.2) is 0 Å². The van der Waals surface area contributed by atoms with E-state index in [1.807, 2.05) is 11.0 Å². The van der Waals surface area contributed by atoms with Crippen LogP contribution < -0.4 is 10.6 Å². The first-order valence-corrected chi connectivity index (χ1v) is 6.41. The lowest BCUT2D eigenvalue weighted by molar-refractivity contribution is -0.119. The summed E-state index contributed by atoms with van der Waals surface area (Å²) >= 11 is 0. The summed E-state index contributed by atoms with van der Waals surface area (Å²) in [5, 5.41) is 0. The number of benzene rings is 1. The quantitative estimate of drug-likeness (QED) is 0.847. The van der Waals surface area contributed by atoms with Crippen LogP contribution in [0.15, 0.2) is 18.2 Å². The van der Waals surface area contributed by atoms with Crippen molar-refractivity contribution in [2.75, 3.05) is 11.4 Å². The van der Waals surface area contributed by atoms with Crippen LogP contribution in [0.25, 0.3) is 0 Å². The molecule has 0 aromatic heterocycles. The maximum atomic E-state index is 12.1. The Hall–Kier alpha value is -1.35. The Labute approximate surface area is 102 Å². The molecule has 0 bridgehead atoms. The molecule has 2 atom stereocenters. The molecule has 1 aliphatic heterocycles. The Morgan fingerprint density at radius 2 is 2.29 bits per heavy atom. The van der Waals surface area contributed by atoms with Gasteiger partial charge in [-0.25, -0.2) is 0 Å². The van der Waals surface area contributed by atoms with Gasteiger partial charge in [-0.3, -0.25) is 4.79 Å². The van der Waals surface area contributed by atoms with E-state index >= 15 is 0 Å². The summed E-state index contributed by atoms with van der Waals surface area (Å²) in [5.74, 6) is 0.618. The second kappa shape index (κ2) is 3.84. The molecule has 2 N–H and O–H groups in total. The van der Waals surface area contributed by atoms with E-state index in [0.717, 1.165) is 25.1 Å². The van der Waals surface area contributed by atoms with Crippen molar-refractivity contribution in [3.63, 3.8) is 0 Å². The van der Waals surface area contributed by atoms with Crippen LogP contribution in [0, 0.1) is 0 Å². The average Bonchev–Trinajstić information content (AvgIpc) is 2.63. The number of nitrogens with two attached hydrogens (primary N) is 1. The number of nitrogens with zero attached hydrogens (tertiary/aromatic N) is 1. The Kier molecular flexibility index (Phi) is 2.44. The molecule has 1 amide bonds. The number of anilines is 1. The first-order chi connectivity index (χ1) is 8.22. The Morgan fingerprint density at radius 1 is 1.47 bits per heavy atom. The van der Waals surface area contributed by atoms with Gasteiger partial charge >= 0.3 is 0 Å². The molecule has 1 heterocycles. The summed E-state index contributed by atoms with van der Waals surface area (Å²) in [6, 6.07) is 6.32. The number of hydrogen-bond donors (Lipinski definition) is 1. The van der Waals surface area contributed by atoms with E-state index in [4.69, 9.17) is 5.73 Å². The Morgan fingerprint density at radius 3 is 3.06 bits per heavy atom. The van der Waals surface area contributed by atoms with Crippen molar-refractivity contribution in [1.82, 2.24) is 0 Å². The molecule has 2 aliphatic rings. The summed E-state index contributed by atoms with van der Waals surface area (Å²) in [6.45, 7) is 2.92. The van der Waals surface area contributed by atoms with Gasteiger partial charge in [0.1, 0.15) is 0 Å². The summed E-state index contributed by atoms with van der Waals surface area (Å²) in [6.07, 6.45) is 2.56. The maximum Gasteiger partial charge on any atom is 0.227 e. The molecule has 0 saturated heterocycles. The van der Waals surface area contributed by atoms with Crippen molar-refractivity contribution < 1.29 is 4.79 Å². The maximum absolute atomic E-state index is 12.1. The highest BCUT2D eigenvalue weighted by Crippen LogP contribution is 2.48. The van der Waals surface area contributed by atoms with Crippen LogP contribution in [0.2, 0.25) is 0 Å². The minimum Gasteiger partial charge on any atom is -0.324 e. The highest BCUT2D eigenvalue weighted by Gasteiger charge is 2.38. The number of carbonyl (C=O) groups is 1. The highest BCUT2D eigenvalue weighted by atomic mass is 16.2. The molecule has 3 rings (SSSR count). The van der Waals surface area contributed by atoms with Gasteiger partial charge in [0, 0.05) is 24.7 Å². The number of carbonyl (C=O) groups excluding carboxylic acids is 1. The average molecular weight is 230 g/mol. The fraction of sp³-hybridized carbons (Fsp3) is 0.500. The molecular formula is C14H18N2O. The van der Waals surface area contributed by atoms with Crippen LogP contribution in [0.3, 0.4) is 0 Å². The summed E-state index contributed by atoms with van der Waals surface area (Å²) in [7, 11) is 0. The Bertz CT molecular complexity index is 469. The van der Waals surface area contributed by atoms with Crippen molar-refractivity contribution in [3.05, 3.63) is 29.3 Å². The lowest BCUT2D eigenvalue weighted by Gasteiger charge is -2.32. The molecule has 1 aliphatic carbocycles. The fourth-order valence-corrected chi connectivity index (χ4v) is 3.23. The third kappa shape index (κ3) is 1.49. The molecule has 0 saturated carbocycles. The normalized spacial score (nSPS) is 26.2. The summed E-state index contributed by atoms with van der Waals surface area (Å²) < 4.78 is 0. The van der Waals surface area contributed by atoms with E-state index in [-0.39, 0.29) is 11.9 Å². The topological polar surface area (TPSA) is 46.3 Å². The van der Waals surface area contributed by atoms with E-state index in [1.54, 1.807) is 0 Å². The van der Waals surface area contributed by atoms with Gasteiger partial charge in [0.05, 0.1) is 0 Å². The summed E-state index contributed by atoms with van der Waals surface area (Å²) in [4.78, 5) is 14.1. The van der Waals surface area contributed by atoms with E-state index in [0.29, 0.717) is 12.3 Å². The van der Waals surface area contributed by atoms with Crippen LogP contribution >= 0.6 is 0 Å². The molecule has 3 heteroatoms. The van der Waals surface area contributed by atoms with Crippen LogP contribution in [-0.2, 0) is 4.79 Å². The first-order valence-electron chi connectivity index (χ1n) is 6.41. The van der Waals surface area contributed by atoms with Gasteiger partial charge in [0.25, 0.3) is 0 Å². The van der Waals surface area contributed by atoms with Gasteiger partial charge in [0.2, 0.25) is 5.91 Å². The molecule has 90 valence electrons. The van der Waals surface area contributed by atoms with Crippen LogP contribution in [0.4, 0.5) is 5.69 Å². The number of hydrogen-bond acceptors (Lipinski definition) is 2. The number of rotatable bonds is 2. The van der Waals surface area contributed by atoms with Crippen LogP contribution in [0.1, 0.15) is 49.3 Å². The third-order valence-corrected chi connectivity index (χ3v) is 3.92. The predicted octanol–water partition coefficient (Wildman–Crippen LogP) is 2.32. The monoisotopic (exact) mass is 230 g/mol. The van der Waals surface area contributed by atoms with Crippen LogP contribution in [0.5, 0.6) is 0 Å². The standard InChI is InChI=1S/C14H18N2O/c1-2-6-16-12-5-3-4-10-11(15)7-9(14(10)12)8-13(16)17/h3-5,9,11H,2,6-8,15H2,1H3. The predicted molar refractivity (Wildman–Crippen MR) is 68.0 cm³/mol. The molecule has 17 heavy (non-hydrogen) atoms. The second-order valence-corrected chi connectivity index (χ2v) is 5.07. The lowest BCUT2D eigenvalue weighted by atomic mass is 9.91. The molecular weight excluding hydrogens is 212 g/mol. The minimum atomic E-state index is 0.115. The van der Waals surface area contributed by atoms with Gasteiger partial charge in [-0.2, -0.15) is 0 Å². The third-order valence-electron chi connectivity index (χ3n) is 3.92. The molecule has 2 unspecified atom stereocenters. The molecule has 3 nitrogen and oxygen atoms in total. The SMILES string of the molecule is CCCN1C(=O)CC2CC(N)c3cccc1c32. The zero-order valence-electron chi connectivity index (χ0n) is 10.1. The minimum absolute atomic E-state index is 0.115. The van der Waals surface area contributed by atoms with Crippen molar-refractivity contribution in [3.8, 4) is 0 Å². The van der Waals surface area contributed by atoms with Crippen molar-refractivity contribution in [2.45, 2.75) is 38.1 Å². The van der Waals surface area contributed by atoms with Gasteiger partial charge in [-0.15, -0.1) is 0 Å². The molecule has 1 aromatic rings. The van der Waals surface area contributed by atoms with Crippen LogP contribution in [-0.4, -0.2) is 12.5 Å². The van der Waals surface area contributed by atoms with E-state index in [2.05, 4.69) is 19.1 Å². The van der Waals surface area contributed by atoms with Gasteiger partial charge < -0.3 is 10.6 Å². The van der Waals surface area contributed by atoms with Crippen molar-refractivity contribution in [2.24, 2.45) is 5.73 Å². The first kappa shape index (κ1) is 10.8. The van der Waals surface area contributed by atoms with E-state index in [9.17, 15) is 4.79 Å².